The molecule has 1 heterocycles. The van der Waals surface area contributed by atoms with Gasteiger partial charge in [0, 0.05) is 6.54 Å². The van der Waals surface area contributed by atoms with Crippen LogP contribution in [0.3, 0.4) is 0 Å². The first-order chi connectivity index (χ1) is 4.25. The van der Waals surface area contributed by atoms with E-state index in [9.17, 15) is 0 Å². The maximum Gasteiger partial charge on any atom is 0.0986 e. The lowest BCUT2D eigenvalue weighted by atomic mass is 10.1. The number of nitrogens with one attached hydrogen (secondary N) is 1. The maximum absolute atomic E-state index is 8.98. The Kier molecular flexibility index (Phi) is 4.15. The number of β-amino-alcohol motifs (C(OH)–C–C–N with tert-alkyl or cyclic N) is 1. The van der Waals surface area contributed by atoms with Crippen LogP contribution in [0.2, 0.25) is 0 Å². The van der Waals surface area contributed by atoms with Gasteiger partial charge in [-0.15, -0.1) is 12.4 Å². The molecule has 1 aliphatic heterocycles. The lowest BCUT2D eigenvalue weighted by Gasteiger charge is -2.11. The average molecular weight is 170 g/mol. The van der Waals surface area contributed by atoms with Gasteiger partial charge in [-0.1, -0.05) is 0 Å². The summed E-state index contributed by atoms with van der Waals surface area (Å²) in [5.41, 5.74) is 0. The molecule has 3 atom stereocenters. The van der Waals surface area contributed by atoms with Crippen LogP contribution < -0.4 is 5.32 Å². The second-order valence-electron chi connectivity index (χ2n) is 2.26. The van der Waals surface area contributed by atoms with E-state index < -0.39 is 12.2 Å². The Morgan fingerprint density at radius 1 is 1.40 bits per heavy atom. The van der Waals surface area contributed by atoms with Crippen molar-refractivity contribution in [3.8, 4) is 0 Å². The number of rotatable bonds is 1. The summed E-state index contributed by atoms with van der Waals surface area (Å²) in [4.78, 5) is 0. The standard InChI is InChI=1S/C5H11NO3.ClH/c7-2-3-5(9)4(8)1-6-3;/h3-9H,1-2H2;1H/t3-,4-,5+;/m1./s1. The van der Waals surface area contributed by atoms with Gasteiger partial charge in [-0.25, -0.2) is 0 Å². The van der Waals surface area contributed by atoms with Crippen molar-refractivity contribution in [2.75, 3.05) is 13.2 Å². The molecule has 0 unspecified atom stereocenters. The summed E-state index contributed by atoms with van der Waals surface area (Å²) in [6.45, 7) is 0.241. The van der Waals surface area contributed by atoms with E-state index in [2.05, 4.69) is 5.32 Å². The van der Waals surface area contributed by atoms with Crippen LogP contribution in [0.15, 0.2) is 0 Å². The van der Waals surface area contributed by atoms with Gasteiger partial charge in [0.2, 0.25) is 0 Å². The molecule has 0 aromatic rings. The van der Waals surface area contributed by atoms with Crippen molar-refractivity contribution in [1.82, 2.24) is 5.32 Å². The SMILES string of the molecule is Cl.OC[C@H]1NC[C@@H](O)[C@H]1O. The van der Waals surface area contributed by atoms with Crippen molar-refractivity contribution in [3.63, 3.8) is 0 Å². The molecule has 0 radical (unpaired) electrons. The van der Waals surface area contributed by atoms with E-state index in [-0.39, 0.29) is 25.1 Å². The molecule has 4 N–H and O–H groups in total. The van der Waals surface area contributed by atoms with Crippen LogP contribution in [-0.2, 0) is 0 Å². The quantitative estimate of drug-likeness (QED) is 0.370. The molecule has 0 aromatic heterocycles. The number of halogens is 1. The van der Waals surface area contributed by atoms with Gasteiger partial charge in [-0.2, -0.15) is 0 Å². The van der Waals surface area contributed by atoms with Gasteiger partial charge in [-0.3, -0.25) is 0 Å². The highest BCUT2D eigenvalue weighted by molar-refractivity contribution is 5.85. The molecule has 0 bridgehead atoms. The molecule has 1 saturated heterocycles. The zero-order valence-corrected chi connectivity index (χ0v) is 6.21. The fraction of sp³-hybridized carbons (Fsp3) is 1.00. The summed E-state index contributed by atoms with van der Waals surface area (Å²) in [5.74, 6) is 0. The highest BCUT2D eigenvalue weighted by Crippen LogP contribution is 2.05. The Morgan fingerprint density at radius 2 is 2.00 bits per heavy atom. The number of aliphatic hydroxyl groups is 3. The van der Waals surface area contributed by atoms with E-state index in [4.69, 9.17) is 15.3 Å². The Morgan fingerprint density at radius 3 is 2.20 bits per heavy atom. The van der Waals surface area contributed by atoms with Crippen molar-refractivity contribution in [3.05, 3.63) is 0 Å². The van der Waals surface area contributed by atoms with Gasteiger partial charge >= 0.3 is 0 Å². The molecule has 0 amide bonds. The van der Waals surface area contributed by atoms with Gasteiger partial charge in [0.05, 0.1) is 24.9 Å². The van der Waals surface area contributed by atoms with Crippen molar-refractivity contribution >= 4 is 12.4 Å². The van der Waals surface area contributed by atoms with Gasteiger partial charge in [-0.05, 0) is 0 Å². The molecule has 5 heteroatoms. The normalized spacial score (nSPS) is 39.3. The van der Waals surface area contributed by atoms with Crippen molar-refractivity contribution < 1.29 is 15.3 Å². The summed E-state index contributed by atoms with van der Waals surface area (Å²) in [6.07, 6.45) is -1.53. The first kappa shape index (κ1) is 10.1. The molecule has 4 nitrogen and oxygen atoms in total. The lowest BCUT2D eigenvalue weighted by Crippen LogP contribution is -2.35. The molecule has 10 heavy (non-hydrogen) atoms. The fourth-order valence-corrected chi connectivity index (χ4v) is 0.954. The van der Waals surface area contributed by atoms with Gasteiger partial charge in [0.25, 0.3) is 0 Å². The third kappa shape index (κ3) is 1.81. The van der Waals surface area contributed by atoms with E-state index in [0.29, 0.717) is 6.54 Å². The topological polar surface area (TPSA) is 72.7 Å². The second kappa shape index (κ2) is 4.10. The predicted octanol–water partition coefficient (Wildman–Crippen LogP) is -1.91. The Labute approximate surface area is 65.3 Å². The zero-order valence-electron chi connectivity index (χ0n) is 5.40. The number of aliphatic hydroxyl groups excluding tert-OH is 3. The summed E-state index contributed by atoms with van der Waals surface area (Å²) >= 11 is 0. The maximum atomic E-state index is 8.98. The minimum absolute atomic E-state index is 0. The molecule has 0 aromatic carbocycles. The van der Waals surface area contributed by atoms with Crippen LogP contribution >= 0.6 is 12.4 Å². The van der Waals surface area contributed by atoms with Crippen molar-refractivity contribution in [2.45, 2.75) is 18.2 Å². The number of hydrogen-bond acceptors (Lipinski definition) is 4. The van der Waals surface area contributed by atoms with Gasteiger partial charge < -0.3 is 20.6 Å². The predicted molar refractivity (Wildman–Crippen MR) is 38.1 cm³/mol. The third-order valence-electron chi connectivity index (χ3n) is 1.59. The van der Waals surface area contributed by atoms with E-state index >= 15 is 0 Å². The zero-order chi connectivity index (χ0) is 6.85. The van der Waals surface area contributed by atoms with Crippen LogP contribution in [0.4, 0.5) is 0 Å². The Balaban J connectivity index is 0.000000810. The Bertz CT molecular complexity index is 103. The summed E-state index contributed by atoms with van der Waals surface area (Å²) in [6, 6.07) is -0.347. The summed E-state index contributed by atoms with van der Waals surface area (Å²) in [5, 5.41) is 29.1. The minimum atomic E-state index is -0.810. The minimum Gasteiger partial charge on any atom is -0.395 e. The molecule has 1 fully saturated rings. The van der Waals surface area contributed by atoms with Crippen molar-refractivity contribution in [1.29, 1.82) is 0 Å². The Hall–Kier alpha value is 0.130. The molecular weight excluding hydrogens is 158 g/mol. The molecule has 1 rings (SSSR count). The van der Waals surface area contributed by atoms with Crippen molar-refractivity contribution in [2.24, 2.45) is 0 Å². The van der Waals surface area contributed by atoms with E-state index in [1.165, 1.54) is 0 Å². The molecule has 62 valence electrons. The monoisotopic (exact) mass is 169 g/mol. The fourth-order valence-electron chi connectivity index (χ4n) is 0.954. The molecule has 0 spiro atoms. The van der Waals surface area contributed by atoms with Crippen LogP contribution in [0, 0.1) is 0 Å². The largest absolute Gasteiger partial charge is 0.395 e. The van der Waals surface area contributed by atoms with Crippen LogP contribution in [0.1, 0.15) is 0 Å². The first-order valence-electron chi connectivity index (χ1n) is 2.96. The van der Waals surface area contributed by atoms with E-state index in [1.54, 1.807) is 0 Å². The van der Waals surface area contributed by atoms with Gasteiger partial charge in [0.15, 0.2) is 0 Å². The smallest absolute Gasteiger partial charge is 0.0986 e. The van der Waals surface area contributed by atoms with E-state index in [0.717, 1.165) is 0 Å². The third-order valence-corrected chi connectivity index (χ3v) is 1.59. The second-order valence-corrected chi connectivity index (χ2v) is 2.26. The highest BCUT2D eigenvalue weighted by atomic mass is 35.5. The highest BCUT2D eigenvalue weighted by Gasteiger charge is 2.31. The molecule has 0 aliphatic carbocycles. The average Bonchev–Trinajstić information content (AvgIpc) is 2.15. The van der Waals surface area contributed by atoms with Gasteiger partial charge in [0.1, 0.15) is 0 Å². The molecular formula is C5H12ClNO3. The lowest BCUT2D eigenvalue weighted by molar-refractivity contribution is 0.0295. The van der Waals surface area contributed by atoms with Crippen LogP contribution in [0.25, 0.3) is 0 Å². The summed E-state index contributed by atoms with van der Waals surface area (Å²) < 4.78 is 0. The van der Waals surface area contributed by atoms with Crippen LogP contribution in [0.5, 0.6) is 0 Å². The molecule has 1 aliphatic rings. The first-order valence-corrected chi connectivity index (χ1v) is 2.96. The number of hydrogen-bond donors (Lipinski definition) is 4. The molecule has 0 saturated carbocycles. The summed E-state index contributed by atoms with van der Waals surface area (Å²) in [7, 11) is 0. The van der Waals surface area contributed by atoms with Crippen LogP contribution in [-0.4, -0.2) is 46.7 Å². The van der Waals surface area contributed by atoms with E-state index in [1.807, 2.05) is 0 Å².